The second-order valence-electron chi connectivity index (χ2n) is 2.41. The van der Waals surface area contributed by atoms with E-state index in [9.17, 15) is 9.50 Å². The molecule has 0 fully saturated rings. The number of benzene rings is 1. The number of phenols is 1. The van der Waals surface area contributed by atoms with Crippen LogP contribution >= 0.6 is 0 Å². The molecule has 0 aliphatic heterocycles. The number of phenolic OH excluding ortho intramolecular Hbond substituents is 1. The molecule has 1 rings (SSSR count). The molecule has 0 bridgehead atoms. The van der Waals surface area contributed by atoms with Gasteiger partial charge in [0.05, 0.1) is 5.56 Å². The largest absolute Gasteiger partial charge is 0.507 e. The van der Waals surface area contributed by atoms with Crippen LogP contribution in [0.15, 0.2) is 28.4 Å². The van der Waals surface area contributed by atoms with Gasteiger partial charge >= 0.3 is 0 Å². The lowest BCUT2D eigenvalue weighted by Gasteiger charge is -2.01. The Morgan fingerprint density at radius 3 is 2.86 bits per heavy atom. The van der Waals surface area contributed by atoms with Gasteiger partial charge in [0, 0.05) is 0 Å². The summed E-state index contributed by atoms with van der Waals surface area (Å²) in [6.07, 6.45) is 0.934. The minimum Gasteiger partial charge on any atom is -0.507 e. The summed E-state index contributed by atoms with van der Waals surface area (Å²) < 4.78 is 12.7. The average molecular weight is 196 g/mol. The summed E-state index contributed by atoms with van der Waals surface area (Å²) >= 11 is 0. The molecular formula is C8H9FN4O. The maximum atomic E-state index is 12.7. The fraction of sp³-hybridized carbons (Fsp3) is 0. The molecule has 0 atom stereocenters. The Bertz CT molecular complexity index is 389. The van der Waals surface area contributed by atoms with Gasteiger partial charge in [-0.3, -0.25) is 0 Å². The van der Waals surface area contributed by atoms with Gasteiger partial charge < -0.3 is 16.6 Å². The Morgan fingerprint density at radius 1 is 1.50 bits per heavy atom. The van der Waals surface area contributed by atoms with E-state index in [1.165, 1.54) is 6.07 Å². The van der Waals surface area contributed by atoms with E-state index in [0.717, 1.165) is 18.5 Å². The Morgan fingerprint density at radius 2 is 2.21 bits per heavy atom. The van der Waals surface area contributed by atoms with Gasteiger partial charge in [0.15, 0.2) is 5.84 Å². The highest BCUT2D eigenvalue weighted by atomic mass is 19.1. The molecule has 0 aromatic heterocycles. The van der Waals surface area contributed by atoms with Crippen LogP contribution < -0.4 is 11.5 Å². The van der Waals surface area contributed by atoms with Crippen molar-refractivity contribution in [1.29, 1.82) is 0 Å². The van der Waals surface area contributed by atoms with Gasteiger partial charge in [-0.25, -0.2) is 4.39 Å². The van der Waals surface area contributed by atoms with E-state index in [2.05, 4.69) is 10.2 Å². The fourth-order valence-electron chi connectivity index (χ4n) is 0.863. The summed E-state index contributed by atoms with van der Waals surface area (Å²) in [6, 6.07) is 3.34. The lowest BCUT2D eigenvalue weighted by molar-refractivity contribution is 0.471. The van der Waals surface area contributed by atoms with Crippen molar-refractivity contribution in [3.8, 4) is 5.75 Å². The normalized spacial score (nSPS) is 12.2. The lowest BCUT2D eigenvalue weighted by atomic mass is 10.2. The molecule has 0 aliphatic carbocycles. The van der Waals surface area contributed by atoms with Crippen molar-refractivity contribution in [2.75, 3.05) is 0 Å². The number of nitrogens with zero attached hydrogens (tertiary/aromatic N) is 2. The van der Waals surface area contributed by atoms with E-state index in [1.54, 1.807) is 0 Å². The van der Waals surface area contributed by atoms with Crippen molar-refractivity contribution in [2.24, 2.45) is 21.7 Å². The minimum absolute atomic E-state index is 0.0793. The first-order valence-corrected chi connectivity index (χ1v) is 3.70. The van der Waals surface area contributed by atoms with E-state index in [1.807, 2.05) is 0 Å². The van der Waals surface area contributed by atoms with Crippen LogP contribution in [0.5, 0.6) is 5.75 Å². The van der Waals surface area contributed by atoms with Gasteiger partial charge in [0.1, 0.15) is 17.9 Å². The average Bonchev–Trinajstić information content (AvgIpc) is 2.18. The summed E-state index contributed by atoms with van der Waals surface area (Å²) in [6.45, 7) is 0. The molecule has 14 heavy (non-hydrogen) atoms. The topological polar surface area (TPSA) is 97.0 Å². The second-order valence-corrected chi connectivity index (χ2v) is 2.41. The van der Waals surface area contributed by atoms with E-state index in [-0.39, 0.29) is 17.1 Å². The maximum absolute atomic E-state index is 12.7. The fourth-order valence-corrected chi connectivity index (χ4v) is 0.863. The number of nitrogens with two attached hydrogens (primary N) is 2. The van der Waals surface area contributed by atoms with Crippen LogP contribution in [0.3, 0.4) is 0 Å². The number of hydrogen-bond acceptors (Lipinski definition) is 3. The predicted molar refractivity (Wildman–Crippen MR) is 51.5 cm³/mol. The maximum Gasteiger partial charge on any atom is 0.157 e. The van der Waals surface area contributed by atoms with Crippen LogP contribution in [0.1, 0.15) is 5.56 Å². The number of halogens is 1. The number of amidine groups is 1. The highest BCUT2D eigenvalue weighted by molar-refractivity contribution is 5.99. The van der Waals surface area contributed by atoms with E-state index in [4.69, 9.17) is 11.5 Å². The smallest absolute Gasteiger partial charge is 0.157 e. The molecule has 0 saturated heterocycles. The number of hydrogen-bond donors (Lipinski definition) is 3. The first-order valence-electron chi connectivity index (χ1n) is 3.70. The molecule has 5 nitrogen and oxygen atoms in total. The highest BCUT2D eigenvalue weighted by Gasteiger charge is 2.06. The second kappa shape index (κ2) is 4.22. The molecule has 1 aromatic rings. The first kappa shape index (κ1) is 9.97. The van der Waals surface area contributed by atoms with Crippen LogP contribution in [0, 0.1) is 5.82 Å². The molecule has 6 heteroatoms. The molecule has 0 unspecified atom stereocenters. The van der Waals surface area contributed by atoms with Gasteiger partial charge in [-0.15, -0.1) is 10.2 Å². The third-order valence-electron chi connectivity index (χ3n) is 1.47. The zero-order chi connectivity index (χ0) is 10.6. The van der Waals surface area contributed by atoms with Crippen LogP contribution in [-0.2, 0) is 0 Å². The molecule has 74 valence electrons. The van der Waals surface area contributed by atoms with Crippen molar-refractivity contribution in [2.45, 2.75) is 0 Å². The zero-order valence-corrected chi connectivity index (χ0v) is 7.18. The molecule has 1 aromatic carbocycles. The van der Waals surface area contributed by atoms with E-state index < -0.39 is 5.82 Å². The van der Waals surface area contributed by atoms with Crippen molar-refractivity contribution in [1.82, 2.24) is 0 Å². The van der Waals surface area contributed by atoms with Crippen molar-refractivity contribution < 1.29 is 9.50 Å². The minimum atomic E-state index is -0.521. The van der Waals surface area contributed by atoms with Crippen LogP contribution in [0.4, 0.5) is 4.39 Å². The molecule has 0 amide bonds. The third-order valence-corrected chi connectivity index (χ3v) is 1.47. The van der Waals surface area contributed by atoms with Crippen molar-refractivity contribution in [3.05, 3.63) is 29.6 Å². The summed E-state index contributed by atoms with van der Waals surface area (Å²) in [4.78, 5) is 0. The zero-order valence-electron chi connectivity index (χ0n) is 7.18. The monoisotopic (exact) mass is 196 g/mol. The molecule has 5 N–H and O–H groups in total. The summed E-state index contributed by atoms with van der Waals surface area (Å²) in [5.41, 5.74) is 10.4. The van der Waals surface area contributed by atoms with Crippen molar-refractivity contribution >= 4 is 12.2 Å². The Kier molecular flexibility index (Phi) is 3.01. The summed E-state index contributed by atoms with van der Waals surface area (Å²) in [5, 5.41) is 16.0. The summed E-state index contributed by atoms with van der Waals surface area (Å²) in [7, 11) is 0. The van der Waals surface area contributed by atoms with Crippen LogP contribution in [0.2, 0.25) is 0 Å². The van der Waals surface area contributed by atoms with Gasteiger partial charge in [0.25, 0.3) is 0 Å². The van der Waals surface area contributed by atoms with Gasteiger partial charge in [0.2, 0.25) is 0 Å². The van der Waals surface area contributed by atoms with E-state index >= 15 is 0 Å². The quantitative estimate of drug-likeness (QED) is 0.356. The molecule has 0 spiro atoms. The Hall–Kier alpha value is -2.11. The molecule has 0 aliphatic rings. The lowest BCUT2D eigenvalue weighted by Crippen LogP contribution is -2.13. The number of rotatable bonds is 2. The van der Waals surface area contributed by atoms with Gasteiger partial charge in [-0.1, -0.05) is 0 Å². The summed E-state index contributed by atoms with van der Waals surface area (Å²) in [5.74, 6) is -0.795. The molecular weight excluding hydrogens is 187 g/mol. The Balaban J connectivity index is 3.11. The van der Waals surface area contributed by atoms with Gasteiger partial charge in [-0.05, 0) is 18.2 Å². The Labute approximate surface area is 79.6 Å². The SMILES string of the molecule is N/C=N\N=C(/N)c1cc(F)ccc1O. The molecule has 0 saturated carbocycles. The predicted octanol–water partition coefficient (Wildman–Crippen LogP) is 0.139. The molecule has 0 heterocycles. The number of aromatic hydroxyl groups is 1. The first-order chi connectivity index (χ1) is 6.65. The molecule has 0 radical (unpaired) electrons. The highest BCUT2D eigenvalue weighted by Crippen LogP contribution is 2.17. The van der Waals surface area contributed by atoms with Crippen molar-refractivity contribution in [3.63, 3.8) is 0 Å². The standard InChI is InChI=1S/C8H9FN4O/c9-5-1-2-7(14)6(3-5)8(11)13-12-4-10/h1-4,14H,(H2,10,12)(H2,11,13). The van der Waals surface area contributed by atoms with Crippen LogP contribution in [-0.4, -0.2) is 17.3 Å². The van der Waals surface area contributed by atoms with Crippen LogP contribution in [0.25, 0.3) is 0 Å². The van der Waals surface area contributed by atoms with E-state index in [0.29, 0.717) is 0 Å². The third kappa shape index (κ3) is 2.19. The van der Waals surface area contributed by atoms with Gasteiger partial charge in [-0.2, -0.15) is 0 Å².